The Morgan fingerprint density at radius 2 is 1.00 bits per heavy atom. The molecule has 0 aromatic heterocycles. The van der Waals surface area contributed by atoms with E-state index in [9.17, 15) is 9.59 Å². The van der Waals surface area contributed by atoms with Crippen LogP contribution in [0, 0.1) is 0 Å². The second kappa shape index (κ2) is 6.84. The van der Waals surface area contributed by atoms with Crippen molar-refractivity contribution in [2.24, 2.45) is 0 Å². The number of carbonyl (C=O) groups excluding carboxylic acids is 2. The van der Waals surface area contributed by atoms with Crippen molar-refractivity contribution < 1.29 is 9.59 Å². The third-order valence-electron chi connectivity index (χ3n) is 4.00. The van der Waals surface area contributed by atoms with Gasteiger partial charge in [0.05, 0.1) is 0 Å². The molecule has 0 saturated heterocycles. The normalized spacial score (nSPS) is 10.5. The third-order valence-corrected chi connectivity index (χ3v) is 4.00. The number of rotatable bonds is 5. The maximum atomic E-state index is 11.5. The van der Waals surface area contributed by atoms with Crippen LogP contribution >= 0.6 is 0 Å². The number of hydrogen-bond acceptors (Lipinski definition) is 2. The van der Waals surface area contributed by atoms with Crippen molar-refractivity contribution in [3.63, 3.8) is 0 Å². The molecule has 0 amide bonds. The maximum absolute atomic E-state index is 11.5. The van der Waals surface area contributed by atoms with E-state index >= 15 is 0 Å². The van der Waals surface area contributed by atoms with Gasteiger partial charge in [-0.25, -0.2) is 0 Å². The van der Waals surface area contributed by atoms with Crippen LogP contribution in [0.15, 0.2) is 78.9 Å². The van der Waals surface area contributed by atoms with Crippen molar-refractivity contribution in [3.05, 3.63) is 107 Å². The predicted octanol–water partition coefficient (Wildman–Crippen LogP) is 4.49. The Labute approximate surface area is 135 Å². The lowest BCUT2D eigenvalue weighted by Crippen LogP contribution is -2.08. The quantitative estimate of drug-likeness (QED) is 0.514. The number of hydrogen-bond donors (Lipinski definition) is 0. The molecule has 3 aromatic rings. The Morgan fingerprint density at radius 3 is 1.48 bits per heavy atom. The fourth-order valence-electron chi connectivity index (χ4n) is 2.93. The van der Waals surface area contributed by atoms with Gasteiger partial charge in [-0.05, 0) is 16.7 Å². The van der Waals surface area contributed by atoms with Gasteiger partial charge >= 0.3 is 0 Å². The van der Waals surface area contributed by atoms with E-state index in [0.717, 1.165) is 29.3 Å². The lowest BCUT2D eigenvalue weighted by atomic mass is 9.81. The topological polar surface area (TPSA) is 34.1 Å². The molecule has 3 aromatic carbocycles. The van der Waals surface area contributed by atoms with Gasteiger partial charge < -0.3 is 0 Å². The van der Waals surface area contributed by atoms with Crippen molar-refractivity contribution in [1.82, 2.24) is 0 Å². The standard InChI is InChI=1S/C21H16O2/c22-14-17-10-4-6-12-19(17)21(16-8-2-1-3-9-16)20-13-7-5-11-18(20)15-23/h1-15,21H. The van der Waals surface area contributed by atoms with Gasteiger partial charge in [-0.1, -0.05) is 78.9 Å². The average molecular weight is 300 g/mol. The Kier molecular flexibility index (Phi) is 4.44. The highest BCUT2D eigenvalue weighted by atomic mass is 16.1. The zero-order chi connectivity index (χ0) is 16.1. The Hall–Kier alpha value is -3.00. The van der Waals surface area contributed by atoms with E-state index in [4.69, 9.17) is 0 Å². The second-order valence-electron chi connectivity index (χ2n) is 5.34. The van der Waals surface area contributed by atoms with Crippen LogP contribution in [0.2, 0.25) is 0 Å². The minimum atomic E-state index is -0.154. The molecule has 0 saturated carbocycles. The molecule has 0 N–H and O–H groups in total. The molecule has 0 atom stereocenters. The van der Waals surface area contributed by atoms with Gasteiger partial charge in [0, 0.05) is 17.0 Å². The van der Waals surface area contributed by atoms with E-state index in [0.29, 0.717) is 11.1 Å². The molecular formula is C21H16O2. The van der Waals surface area contributed by atoms with Crippen LogP contribution in [0.5, 0.6) is 0 Å². The average Bonchev–Trinajstić information content (AvgIpc) is 2.64. The fourth-order valence-corrected chi connectivity index (χ4v) is 2.93. The first-order valence-electron chi connectivity index (χ1n) is 7.48. The van der Waals surface area contributed by atoms with Crippen LogP contribution in [0.3, 0.4) is 0 Å². The van der Waals surface area contributed by atoms with Gasteiger partial charge in [0.25, 0.3) is 0 Å². The number of benzene rings is 3. The number of aldehydes is 2. The Morgan fingerprint density at radius 1 is 0.565 bits per heavy atom. The van der Waals surface area contributed by atoms with Gasteiger partial charge in [-0.2, -0.15) is 0 Å². The monoisotopic (exact) mass is 300 g/mol. The van der Waals surface area contributed by atoms with E-state index in [2.05, 4.69) is 0 Å². The molecule has 2 nitrogen and oxygen atoms in total. The highest BCUT2D eigenvalue weighted by molar-refractivity contribution is 5.81. The van der Waals surface area contributed by atoms with Gasteiger partial charge in [0.1, 0.15) is 12.6 Å². The molecule has 0 spiro atoms. The summed E-state index contributed by atoms with van der Waals surface area (Å²) >= 11 is 0. The first kappa shape index (κ1) is 14.9. The fraction of sp³-hybridized carbons (Fsp3) is 0.0476. The molecule has 0 heterocycles. The summed E-state index contributed by atoms with van der Waals surface area (Å²) < 4.78 is 0. The van der Waals surface area contributed by atoms with Crippen molar-refractivity contribution in [3.8, 4) is 0 Å². The van der Waals surface area contributed by atoms with E-state index in [-0.39, 0.29) is 5.92 Å². The molecule has 0 aliphatic rings. The van der Waals surface area contributed by atoms with E-state index in [1.807, 2.05) is 78.9 Å². The van der Waals surface area contributed by atoms with Gasteiger partial charge in [-0.3, -0.25) is 9.59 Å². The summed E-state index contributed by atoms with van der Waals surface area (Å²) in [6, 6.07) is 25.0. The molecule has 3 rings (SSSR count). The Balaban J connectivity index is 2.27. The molecule has 23 heavy (non-hydrogen) atoms. The van der Waals surface area contributed by atoms with Gasteiger partial charge in [0.2, 0.25) is 0 Å². The number of carbonyl (C=O) groups is 2. The van der Waals surface area contributed by atoms with Gasteiger partial charge in [0.15, 0.2) is 0 Å². The van der Waals surface area contributed by atoms with Crippen LogP contribution in [-0.2, 0) is 0 Å². The van der Waals surface area contributed by atoms with Crippen LogP contribution < -0.4 is 0 Å². The smallest absolute Gasteiger partial charge is 0.150 e. The summed E-state index contributed by atoms with van der Waals surface area (Å²) in [4.78, 5) is 23.0. The van der Waals surface area contributed by atoms with Gasteiger partial charge in [-0.15, -0.1) is 0 Å². The lowest BCUT2D eigenvalue weighted by Gasteiger charge is -2.21. The van der Waals surface area contributed by atoms with Crippen LogP contribution in [0.1, 0.15) is 43.3 Å². The SMILES string of the molecule is O=Cc1ccccc1C(c1ccccc1)c1ccccc1C=O. The van der Waals surface area contributed by atoms with Crippen LogP contribution in [0.4, 0.5) is 0 Å². The second-order valence-corrected chi connectivity index (χ2v) is 5.34. The summed E-state index contributed by atoms with van der Waals surface area (Å²) in [5, 5.41) is 0. The minimum Gasteiger partial charge on any atom is -0.298 e. The molecule has 112 valence electrons. The minimum absolute atomic E-state index is 0.154. The molecule has 0 aliphatic carbocycles. The van der Waals surface area contributed by atoms with E-state index in [1.165, 1.54) is 0 Å². The molecule has 0 fully saturated rings. The Bertz CT molecular complexity index is 771. The summed E-state index contributed by atoms with van der Waals surface area (Å²) in [5.74, 6) is -0.154. The summed E-state index contributed by atoms with van der Waals surface area (Å²) in [6.45, 7) is 0. The summed E-state index contributed by atoms with van der Waals surface area (Å²) in [7, 11) is 0. The highest BCUT2D eigenvalue weighted by Gasteiger charge is 2.21. The van der Waals surface area contributed by atoms with Crippen molar-refractivity contribution in [2.45, 2.75) is 5.92 Å². The van der Waals surface area contributed by atoms with Crippen LogP contribution in [-0.4, -0.2) is 12.6 Å². The summed E-state index contributed by atoms with van der Waals surface area (Å²) in [5.41, 5.74) is 4.14. The highest BCUT2D eigenvalue weighted by Crippen LogP contribution is 2.34. The molecular weight excluding hydrogens is 284 g/mol. The van der Waals surface area contributed by atoms with E-state index in [1.54, 1.807) is 0 Å². The van der Waals surface area contributed by atoms with Crippen molar-refractivity contribution >= 4 is 12.6 Å². The van der Waals surface area contributed by atoms with Crippen molar-refractivity contribution in [2.75, 3.05) is 0 Å². The summed E-state index contributed by atoms with van der Waals surface area (Å²) in [6.07, 6.45) is 1.74. The lowest BCUT2D eigenvalue weighted by molar-refractivity contribution is 0.111. The molecule has 0 aliphatic heterocycles. The molecule has 2 heteroatoms. The maximum Gasteiger partial charge on any atom is 0.150 e. The molecule has 0 bridgehead atoms. The third kappa shape index (κ3) is 2.97. The predicted molar refractivity (Wildman–Crippen MR) is 91.0 cm³/mol. The molecule has 0 unspecified atom stereocenters. The van der Waals surface area contributed by atoms with Crippen LogP contribution in [0.25, 0.3) is 0 Å². The largest absolute Gasteiger partial charge is 0.298 e. The zero-order valence-electron chi connectivity index (χ0n) is 12.6. The molecule has 0 radical (unpaired) electrons. The van der Waals surface area contributed by atoms with E-state index < -0.39 is 0 Å². The van der Waals surface area contributed by atoms with Crippen molar-refractivity contribution in [1.29, 1.82) is 0 Å². The zero-order valence-corrected chi connectivity index (χ0v) is 12.6. The first-order chi connectivity index (χ1) is 11.3. The first-order valence-corrected chi connectivity index (χ1v) is 7.48.